The molecular formula is C19H23ClN4O. The maximum Gasteiger partial charge on any atom is 0.326 e. The summed E-state index contributed by atoms with van der Waals surface area (Å²) < 4.78 is 1.94. The second-order valence-electron chi connectivity index (χ2n) is 6.57. The molecule has 4 rings (SSSR count). The number of anilines is 1. The van der Waals surface area contributed by atoms with E-state index < -0.39 is 0 Å². The van der Waals surface area contributed by atoms with Crippen molar-refractivity contribution in [3.05, 3.63) is 64.6 Å². The van der Waals surface area contributed by atoms with Gasteiger partial charge in [-0.15, -0.1) is 12.4 Å². The fourth-order valence-electron chi connectivity index (χ4n) is 3.72. The molecule has 0 amide bonds. The van der Waals surface area contributed by atoms with E-state index in [4.69, 9.17) is 5.73 Å². The van der Waals surface area contributed by atoms with E-state index in [0.29, 0.717) is 0 Å². The molecule has 1 fully saturated rings. The maximum absolute atomic E-state index is 12.3. The molecule has 0 bridgehead atoms. The molecule has 0 aliphatic carbocycles. The van der Waals surface area contributed by atoms with Crippen molar-refractivity contribution in [2.45, 2.75) is 25.4 Å². The Balaban J connectivity index is 0.00000182. The third-order valence-electron chi connectivity index (χ3n) is 4.90. The third-order valence-corrected chi connectivity index (χ3v) is 4.90. The number of hydrogen-bond donors (Lipinski definition) is 2. The largest absolute Gasteiger partial charge is 0.399 e. The van der Waals surface area contributed by atoms with Gasteiger partial charge < -0.3 is 10.7 Å². The van der Waals surface area contributed by atoms with Crippen molar-refractivity contribution in [3.8, 4) is 0 Å². The van der Waals surface area contributed by atoms with Crippen molar-refractivity contribution in [1.29, 1.82) is 0 Å². The first-order valence-corrected chi connectivity index (χ1v) is 8.47. The van der Waals surface area contributed by atoms with E-state index in [2.05, 4.69) is 16.0 Å². The average molecular weight is 359 g/mol. The predicted molar refractivity (Wildman–Crippen MR) is 104 cm³/mol. The van der Waals surface area contributed by atoms with Gasteiger partial charge in [-0.1, -0.05) is 24.3 Å². The maximum atomic E-state index is 12.3. The molecule has 6 heteroatoms. The van der Waals surface area contributed by atoms with Gasteiger partial charge in [0.05, 0.1) is 11.0 Å². The van der Waals surface area contributed by atoms with Gasteiger partial charge in [0.15, 0.2) is 0 Å². The van der Waals surface area contributed by atoms with Gasteiger partial charge in [0.1, 0.15) is 0 Å². The van der Waals surface area contributed by atoms with E-state index in [-0.39, 0.29) is 24.1 Å². The second-order valence-corrected chi connectivity index (χ2v) is 6.57. The van der Waals surface area contributed by atoms with E-state index in [0.717, 1.165) is 49.2 Å². The van der Waals surface area contributed by atoms with Crippen molar-refractivity contribution in [1.82, 2.24) is 14.5 Å². The number of aromatic nitrogens is 2. The minimum absolute atomic E-state index is 0. The number of nitrogen functional groups attached to an aromatic ring is 1. The molecule has 0 atom stereocenters. The van der Waals surface area contributed by atoms with Gasteiger partial charge in [0.25, 0.3) is 0 Å². The molecule has 5 nitrogen and oxygen atoms in total. The van der Waals surface area contributed by atoms with Crippen LogP contribution >= 0.6 is 12.4 Å². The summed E-state index contributed by atoms with van der Waals surface area (Å²) in [6.07, 6.45) is 1.98. The molecule has 1 aromatic heterocycles. The van der Waals surface area contributed by atoms with Crippen LogP contribution in [0.2, 0.25) is 0 Å². The van der Waals surface area contributed by atoms with Gasteiger partial charge in [-0.3, -0.25) is 9.47 Å². The van der Waals surface area contributed by atoms with Crippen LogP contribution in [0.5, 0.6) is 0 Å². The summed E-state index contributed by atoms with van der Waals surface area (Å²) in [5, 5.41) is 0. The number of halogens is 1. The zero-order valence-corrected chi connectivity index (χ0v) is 14.8. The molecule has 1 saturated heterocycles. The second kappa shape index (κ2) is 7.33. The monoisotopic (exact) mass is 358 g/mol. The highest BCUT2D eigenvalue weighted by molar-refractivity contribution is 5.85. The van der Waals surface area contributed by atoms with Crippen LogP contribution in [-0.2, 0) is 6.54 Å². The highest BCUT2D eigenvalue weighted by atomic mass is 35.5. The number of nitrogens with zero attached hydrogens (tertiary/aromatic N) is 2. The molecule has 25 heavy (non-hydrogen) atoms. The number of hydrogen-bond acceptors (Lipinski definition) is 3. The molecule has 0 unspecified atom stereocenters. The number of para-hydroxylation sites is 2. The Labute approximate surface area is 152 Å². The van der Waals surface area contributed by atoms with Gasteiger partial charge in [-0.05, 0) is 42.7 Å². The van der Waals surface area contributed by atoms with E-state index in [9.17, 15) is 4.79 Å². The SMILES string of the molecule is Cl.Nc1cccc(CN2CCC(n3c(=O)[nH]c4ccccc43)CC2)c1. The van der Waals surface area contributed by atoms with Crippen LogP contribution < -0.4 is 11.4 Å². The number of nitrogens with one attached hydrogen (secondary N) is 1. The minimum Gasteiger partial charge on any atom is -0.399 e. The Kier molecular flexibility index (Phi) is 5.16. The first-order valence-electron chi connectivity index (χ1n) is 8.47. The number of nitrogens with two attached hydrogens (primary N) is 1. The van der Waals surface area contributed by atoms with Crippen molar-refractivity contribution >= 4 is 29.1 Å². The quantitative estimate of drug-likeness (QED) is 0.707. The standard InChI is InChI=1S/C19H22N4O.ClH/c20-15-5-3-4-14(12-15)13-22-10-8-16(9-11-22)23-18-7-2-1-6-17(18)21-19(23)24;/h1-7,12,16H,8-11,13,20H2,(H,21,24);1H. The highest BCUT2D eigenvalue weighted by Gasteiger charge is 2.23. The number of likely N-dealkylation sites (tertiary alicyclic amines) is 1. The van der Waals surface area contributed by atoms with Crippen LogP contribution in [0.25, 0.3) is 11.0 Å². The highest BCUT2D eigenvalue weighted by Crippen LogP contribution is 2.25. The van der Waals surface area contributed by atoms with E-state index in [1.54, 1.807) is 0 Å². The van der Waals surface area contributed by atoms with E-state index >= 15 is 0 Å². The zero-order chi connectivity index (χ0) is 16.5. The minimum atomic E-state index is 0. The van der Waals surface area contributed by atoms with Crippen molar-refractivity contribution in [3.63, 3.8) is 0 Å². The number of fused-ring (bicyclic) bond motifs is 1. The smallest absolute Gasteiger partial charge is 0.326 e. The Morgan fingerprint density at radius 1 is 1.08 bits per heavy atom. The van der Waals surface area contributed by atoms with Crippen LogP contribution in [0, 0.1) is 0 Å². The molecular weight excluding hydrogens is 336 g/mol. The van der Waals surface area contributed by atoms with Crippen LogP contribution in [0.1, 0.15) is 24.4 Å². The number of imidazole rings is 1. The summed E-state index contributed by atoms with van der Waals surface area (Å²) in [7, 11) is 0. The Morgan fingerprint density at radius 2 is 1.84 bits per heavy atom. The molecule has 0 spiro atoms. The lowest BCUT2D eigenvalue weighted by atomic mass is 10.0. The Hall–Kier alpha value is -2.24. The first-order chi connectivity index (χ1) is 11.7. The van der Waals surface area contributed by atoms with Crippen molar-refractivity contribution < 1.29 is 0 Å². The van der Waals surface area contributed by atoms with Gasteiger partial charge in [0, 0.05) is 31.4 Å². The molecule has 3 N–H and O–H groups in total. The molecule has 3 aromatic rings. The Morgan fingerprint density at radius 3 is 2.60 bits per heavy atom. The summed E-state index contributed by atoms with van der Waals surface area (Å²) in [5.74, 6) is 0. The van der Waals surface area contributed by atoms with Gasteiger partial charge in [-0.25, -0.2) is 4.79 Å². The molecule has 132 valence electrons. The lowest BCUT2D eigenvalue weighted by molar-refractivity contribution is 0.180. The summed E-state index contributed by atoms with van der Waals surface area (Å²) in [4.78, 5) is 17.7. The van der Waals surface area contributed by atoms with Gasteiger partial charge in [-0.2, -0.15) is 0 Å². The summed E-state index contributed by atoms with van der Waals surface area (Å²) >= 11 is 0. The lowest BCUT2D eigenvalue weighted by Gasteiger charge is -2.32. The molecule has 2 aromatic carbocycles. The van der Waals surface area contributed by atoms with E-state index in [1.165, 1.54) is 5.56 Å². The normalized spacial score (nSPS) is 16.0. The number of aromatic amines is 1. The van der Waals surface area contributed by atoms with Crippen LogP contribution in [-0.4, -0.2) is 27.5 Å². The zero-order valence-electron chi connectivity index (χ0n) is 14.0. The van der Waals surface area contributed by atoms with Gasteiger partial charge in [0.2, 0.25) is 0 Å². The van der Waals surface area contributed by atoms with Crippen LogP contribution in [0.4, 0.5) is 5.69 Å². The summed E-state index contributed by atoms with van der Waals surface area (Å²) in [6.45, 7) is 2.90. The van der Waals surface area contributed by atoms with Crippen molar-refractivity contribution in [2.75, 3.05) is 18.8 Å². The molecule has 2 heterocycles. The number of H-pyrrole nitrogens is 1. The molecule has 0 radical (unpaired) electrons. The van der Waals surface area contributed by atoms with Gasteiger partial charge >= 0.3 is 5.69 Å². The number of rotatable bonds is 3. The summed E-state index contributed by atoms with van der Waals surface area (Å²) in [6, 6.07) is 16.3. The topological polar surface area (TPSA) is 67.0 Å². The molecule has 1 aliphatic rings. The number of piperidine rings is 1. The molecule has 0 saturated carbocycles. The van der Waals surface area contributed by atoms with Crippen LogP contribution in [0.3, 0.4) is 0 Å². The predicted octanol–water partition coefficient (Wildman–Crippen LogP) is 3.17. The fourth-order valence-corrected chi connectivity index (χ4v) is 3.72. The van der Waals surface area contributed by atoms with Crippen molar-refractivity contribution in [2.24, 2.45) is 0 Å². The third kappa shape index (κ3) is 3.57. The van der Waals surface area contributed by atoms with E-state index in [1.807, 2.05) is 47.0 Å². The average Bonchev–Trinajstić information content (AvgIpc) is 2.91. The summed E-state index contributed by atoms with van der Waals surface area (Å²) in [5.41, 5.74) is 9.86. The lowest BCUT2D eigenvalue weighted by Crippen LogP contribution is -2.36. The first kappa shape index (κ1) is 17.6. The fraction of sp³-hybridized carbons (Fsp3) is 0.316. The van der Waals surface area contributed by atoms with Crippen LogP contribution in [0.15, 0.2) is 53.3 Å². The molecule has 1 aliphatic heterocycles. The Bertz CT molecular complexity index is 909. The number of benzene rings is 2.